The lowest BCUT2D eigenvalue weighted by Crippen LogP contribution is -2.40. The number of piperidine rings is 1. The molecule has 18 heavy (non-hydrogen) atoms. The van der Waals surface area contributed by atoms with Crippen molar-refractivity contribution in [2.45, 2.75) is 44.2 Å². The van der Waals surface area contributed by atoms with Crippen LogP contribution in [0.5, 0.6) is 0 Å². The summed E-state index contributed by atoms with van der Waals surface area (Å²) in [5.74, 6) is 0.574. The third-order valence-corrected chi connectivity index (χ3v) is 4.27. The fraction of sp³-hybridized carbons (Fsp3) is 0.538. The molecular weight excluding hydrogens is 231 g/mol. The minimum Gasteiger partial charge on any atom is -0.335 e. The van der Waals surface area contributed by atoms with Gasteiger partial charge in [-0.25, -0.2) is 4.39 Å². The predicted molar refractivity (Wildman–Crippen MR) is 66.1 cm³/mol. The van der Waals surface area contributed by atoms with Crippen molar-refractivity contribution in [1.82, 2.24) is 14.6 Å². The van der Waals surface area contributed by atoms with Gasteiger partial charge < -0.3 is 4.90 Å². The van der Waals surface area contributed by atoms with Crippen molar-refractivity contribution in [1.29, 1.82) is 0 Å². The largest absolute Gasteiger partial charge is 0.335 e. The average molecular weight is 246 g/mol. The van der Waals surface area contributed by atoms with Crippen LogP contribution in [-0.4, -0.2) is 26.7 Å². The fourth-order valence-corrected chi connectivity index (χ4v) is 3.47. The monoisotopic (exact) mass is 246 g/mol. The summed E-state index contributed by atoms with van der Waals surface area (Å²) in [6, 6.07) is 4.25. The molecule has 0 radical (unpaired) electrons. The molecule has 2 aliphatic heterocycles. The highest BCUT2D eigenvalue weighted by Gasteiger charge is 2.38. The highest BCUT2D eigenvalue weighted by Crippen LogP contribution is 2.38. The quantitative estimate of drug-likeness (QED) is 0.774. The van der Waals surface area contributed by atoms with Crippen molar-refractivity contribution in [3.63, 3.8) is 0 Å². The fourth-order valence-electron chi connectivity index (χ4n) is 3.47. The van der Waals surface area contributed by atoms with Gasteiger partial charge in [0.05, 0.1) is 0 Å². The van der Waals surface area contributed by atoms with Crippen LogP contribution in [0, 0.1) is 5.82 Å². The summed E-state index contributed by atoms with van der Waals surface area (Å²) < 4.78 is 15.2. The highest BCUT2D eigenvalue weighted by atomic mass is 19.1. The molecule has 0 aromatic carbocycles. The molecule has 4 heterocycles. The zero-order valence-corrected chi connectivity index (χ0v) is 10.1. The van der Waals surface area contributed by atoms with Crippen LogP contribution in [0.25, 0.3) is 5.65 Å². The van der Waals surface area contributed by atoms with Gasteiger partial charge >= 0.3 is 0 Å². The van der Waals surface area contributed by atoms with Crippen LogP contribution in [0.2, 0.25) is 0 Å². The Morgan fingerprint density at radius 3 is 2.61 bits per heavy atom. The lowest BCUT2D eigenvalue weighted by Gasteiger charge is -2.34. The van der Waals surface area contributed by atoms with Crippen molar-refractivity contribution < 1.29 is 4.39 Å². The molecular formula is C13H15FN4. The number of halogens is 1. The van der Waals surface area contributed by atoms with Gasteiger partial charge in [0.1, 0.15) is 5.82 Å². The molecule has 0 amide bonds. The molecule has 0 aliphatic carbocycles. The van der Waals surface area contributed by atoms with E-state index in [2.05, 4.69) is 15.1 Å². The molecule has 2 unspecified atom stereocenters. The van der Waals surface area contributed by atoms with Crippen molar-refractivity contribution in [2.75, 3.05) is 4.90 Å². The van der Waals surface area contributed by atoms with Crippen LogP contribution >= 0.6 is 0 Å². The van der Waals surface area contributed by atoms with Crippen molar-refractivity contribution in [3.8, 4) is 0 Å². The maximum absolute atomic E-state index is 13.4. The second-order valence-corrected chi connectivity index (χ2v) is 5.30. The first-order valence-electron chi connectivity index (χ1n) is 6.61. The second kappa shape index (κ2) is 3.67. The molecule has 4 rings (SSSR count). The SMILES string of the molecule is Fc1ccc2nnc(N3C4CCCC3CC4)n2c1. The third kappa shape index (κ3) is 1.36. The Hall–Kier alpha value is -1.65. The lowest BCUT2D eigenvalue weighted by atomic mass is 10.0. The standard InChI is InChI=1S/C13H15FN4/c14-9-4-7-12-15-16-13(17(12)8-9)18-10-2-1-3-11(18)6-5-10/h4,7-8,10-11H,1-3,5-6H2. The Morgan fingerprint density at radius 2 is 1.83 bits per heavy atom. The molecule has 94 valence electrons. The first-order valence-corrected chi connectivity index (χ1v) is 6.61. The van der Waals surface area contributed by atoms with Gasteiger partial charge in [-0.3, -0.25) is 4.40 Å². The van der Waals surface area contributed by atoms with Gasteiger partial charge in [0.25, 0.3) is 0 Å². The van der Waals surface area contributed by atoms with E-state index in [1.165, 1.54) is 44.4 Å². The Morgan fingerprint density at radius 1 is 1.06 bits per heavy atom. The minimum absolute atomic E-state index is 0.243. The zero-order chi connectivity index (χ0) is 12.1. The van der Waals surface area contributed by atoms with E-state index in [-0.39, 0.29) is 5.82 Å². The van der Waals surface area contributed by atoms with E-state index in [4.69, 9.17) is 0 Å². The molecule has 2 aliphatic rings. The first-order chi connectivity index (χ1) is 8.83. The van der Waals surface area contributed by atoms with Crippen LogP contribution in [0.1, 0.15) is 32.1 Å². The first kappa shape index (κ1) is 10.3. The van der Waals surface area contributed by atoms with Crippen molar-refractivity contribution in [2.24, 2.45) is 0 Å². The summed E-state index contributed by atoms with van der Waals surface area (Å²) in [5, 5.41) is 8.41. The van der Waals surface area contributed by atoms with E-state index >= 15 is 0 Å². The summed E-state index contributed by atoms with van der Waals surface area (Å²) in [5.41, 5.74) is 0.719. The van der Waals surface area contributed by atoms with Crippen molar-refractivity contribution in [3.05, 3.63) is 24.1 Å². The molecule has 0 saturated carbocycles. The predicted octanol–water partition coefficient (Wildman–Crippen LogP) is 2.39. The topological polar surface area (TPSA) is 33.4 Å². The van der Waals surface area contributed by atoms with E-state index in [0.717, 1.165) is 11.6 Å². The summed E-state index contributed by atoms with van der Waals surface area (Å²) >= 11 is 0. The number of anilines is 1. The normalized spacial score (nSPS) is 27.1. The van der Waals surface area contributed by atoms with Gasteiger partial charge in [0.15, 0.2) is 5.65 Å². The highest BCUT2D eigenvalue weighted by molar-refractivity contribution is 5.48. The van der Waals surface area contributed by atoms with Crippen LogP contribution in [0.15, 0.2) is 18.3 Å². The Bertz CT molecular complexity index is 578. The van der Waals surface area contributed by atoms with Gasteiger partial charge in [-0.05, 0) is 44.2 Å². The summed E-state index contributed by atoms with van der Waals surface area (Å²) in [7, 11) is 0. The number of hydrogen-bond donors (Lipinski definition) is 0. The van der Waals surface area contributed by atoms with E-state index < -0.39 is 0 Å². The maximum Gasteiger partial charge on any atom is 0.232 e. The third-order valence-electron chi connectivity index (χ3n) is 4.27. The molecule has 5 heteroatoms. The lowest BCUT2D eigenvalue weighted by molar-refractivity contribution is 0.459. The summed E-state index contributed by atoms with van der Waals surface area (Å²) in [4.78, 5) is 2.36. The number of fused-ring (bicyclic) bond motifs is 3. The Balaban J connectivity index is 1.85. The number of hydrogen-bond acceptors (Lipinski definition) is 3. The Labute approximate surface area is 104 Å². The van der Waals surface area contributed by atoms with Gasteiger partial charge in [0.2, 0.25) is 5.95 Å². The smallest absolute Gasteiger partial charge is 0.232 e. The minimum atomic E-state index is -0.243. The molecule has 4 nitrogen and oxygen atoms in total. The van der Waals surface area contributed by atoms with Crippen molar-refractivity contribution >= 4 is 11.6 Å². The van der Waals surface area contributed by atoms with Gasteiger partial charge in [-0.1, -0.05) is 0 Å². The van der Waals surface area contributed by atoms with E-state index in [9.17, 15) is 4.39 Å². The number of rotatable bonds is 1. The molecule has 0 spiro atoms. The maximum atomic E-state index is 13.4. The van der Waals surface area contributed by atoms with Gasteiger partial charge in [0, 0.05) is 18.3 Å². The number of pyridine rings is 1. The molecule has 0 N–H and O–H groups in total. The van der Waals surface area contributed by atoms with Gasteiger partial charge in [-0.15, -0.1) is 10.2 Å². The van der Waals surface area contributed by atoms with Crippen LogP contribution < -0.4 is 4.90 Å². The summed E-state index contributed by atoms with van der Waals surface area (Å²) in [6.07, 6.45) is 7.70. The number of aromatic nitrogens is 3. The molecule has 2 atom stereocenters. The number of nitrogens with zero attached hydrogens (tertiary/aromatic N) is 4. The van der Waals surface area contributed by atoms with E-state index in [1.807, 2.05) is 0 Å². The van der Waals surface area contributed by atoms with Crippen LogP contribution in [-0.2, 0) is 0 Å². The zero-order valence-electron chi connectivity index (χ0n) is 10.1. The van der Waals surface area contributed by atoms with E-state index in [1.54, 1.807) is 10.5 Å². The second-order valence-electron chi connectivity index (χ2n) is 5.30. The van der Waals surface area contributed by atoms with Crippen LogP contribution in [0.3, 0.4) is 0 Å². The molecule has 2 fully saturated rings. The average Bonchev–Trinajstić information content (AvgIpc) is 2.86. The molecule has 2 bridgehead atoms. The van der Waals surface area contributed by atoms with Crippen LogP contribution in [0.4, 0.5) is 10.3 Å². The summed E-state index contributed by atoms with van der Waals surface area (Å²) in [6.45, 7) is 0. The Kier molecular flexibility index (Phi) is 2.10. The molecule has 2 saturated heterocycles. The molecule has 2 aromatic heterocycles. The van der Waals surface area contributed by atoms with E-state index in [0.29, 0.717) is 12.1 Å². The molecule has 2 aromatic rings. The van der Waals surface area contributed by atoms with Gasteiger partial charge in [-0.2, -0.15) is 0 Å².